The van der Waals surface area contributed by atoms with Crippen molar-refractivity contribution in [3.63, 3.8) is 0 Å². The lowest BCUT2D eigenvalue weighted by Gasteiger charge is -2.19. The number of nitrogens with zero attached hydrogens (tertiary/aromatic N) is 3. The molecule has 0 saturated heterocycles. The third-order valence-electron chi connectivity index (χ3n) is 4.49. The summed E-state index contributed by atoms with van der Waals surface area (Å²) < 4.78 is 6.81. The first kappa shape index (κ1) is 19.4. The van der Waals surface area contributed by atoms with Crippen LogP contribution in [0.25, 0.3) is 11.0 Å². The van der Waals surface area contributed by atoms with E-state index in [1.807, 2.05) is 32.9 Å². The molecule has 0 radical (unpaired) electrons. The molecule has 1 amide bonds. The van der Waals surface area contributed by atoms with Gasteiger partial charge in [0.2, 0.25) is 5.95 Å². The van der Waals surface area contributed by atoms with E-state index in [1.165, 1.54) is 12.5 Å². The Morgan fingerprint density at radius 3 is 2.63 bits per heavy atom. The van der Waals surface area contributed by atoms with Gasteiger partial charge in [-0.05, 0) is 50.6 Å². The first-order valence-electron chi connectivity index (χ1n) is 9.47. The number of aromatic nitrogens is 4. The second-order valence-corrected chi connectivity index (χ2v) is 7.86. The molecule has 0 aliphatic heterocycles. The second kappa shape index (κ2) is 7.51. The highest BCUT2D eigenvalue weighted by molar-refractivity contribution is 6.02. The quantitative estimate of drug-likeness (QED) is 0.468. The number of furan rings is 1. The molecule has 0 saturated carbocycles. The van der Waals surface area contributed by atoms with E-state index in [0.717, 1.165) is 5.56 Å². The van der Waals surface area contributed by atoms with Gasteiger partial charge in [-0.15, -0.1) is 0 Å². The van der Waals surface area contributed by atoms with E-state index < -0.39 is 0 Å². The normalized spacial score (nSPS) is 11.6. The lowest BCUT2D eigenvalue weighted by Crippen LogP contribution is -2.24. The molecule has 0 aliphatic rings. The summed E-state index contributed by atoms with van der Waals surface area (Å²) in [5.41, 5.74) is 1.61. The molecular formula is C21H22N6O3. The van der Waals surface area contributed by atoms with Gasteiger partial charge in [0, 0.05) is 12.2 Å². The third-order valence-corrected chi connectivity index (χ3v) is 4.49. The van der Waals surface area contributed by atoms with Crippen molar-refractivity contribution in [3.05, 3.63) is 70.5 Å². The predicted molar refractivity (Wildman–Crippen MR) is 114 cm³/mol. The second-order valence-electron chi connectivity index (χ2n) is 7.86. The van der Waals surface area contributed by atoms with Crippen LogP contribution in [0.5, 0.6) is 0 Å². The molecule has 0 aliphatic carbocycles. The van der Waals surface area contributed by atoms with E-state index in [-0.39, 0.29) is 22.8 Å². The fourth-order valence-electron chi connectivity index (χ4n) is 2.99. The van der Waals surface area contributed by atoms with E-state index >= 15 is 0 Å². The molecular weight excluding hydrogens is 384 g/mol. The lowest BCUT2D eigenvalue weighted by molar-refractivity contribution is 0.0996. The van der Waals surface area contributed by atoms with Gasteiger partial charge in [-0.25, -0.2) is 4.68 Å². The number of fused-ring (bicyclic) bond motifs is 1. The van der Waals surface area contributed by atoms with Crippen molar-refractivity contribution in [1.29, 1.82) is 0 Å². The summed E-state index contributed by atoms with van der Waals surface area (Å²) in [6.07, 6.45) is 2.99. The Morgan fingerprint density at radius 1 is 1.20 bits per heavy atom. The van der Waals surface area contributed by atoms with Crippen LogP contribution < -0.4 is 16.2 Å². The number of anilines is 2. The highest BCUT2D eigenvalue weighted by atomic mass is 16.3. The Kier molecular flexibility index (Phi) is 4.86. The Balaban J connectivity index is 1.46. The summed E-state index contributed by atoms with van der Waals surface area (Å²) in [5, 5.41) is 10.7. The molecule has 9 nitrogen and oxygen atoms in total. The standard InChI is InChI=1S/C21H22N6O3/c1-21(2,3)27-17-15(12-23-27)18(28)26-20(25-17)22-11-13-6-8-14(9-7-13)24-19(29)16-5-4-10-30-16/h4-10,12H,11H2,1-3H3,(H,24,29)(H2,22,25,26,28). The molecule has 30 heavy (non-hydrogen) atoms. The summed E-state index contributed by atoms with van der Waals surface area (Å²) in [4.78, 5) is 31.6. The number of nitrogens with one attached hydrogen (secondary N) is 3. The van der Waals surface area contributed by atoms with Gasteiger partial charge in [0.1, 0.15) is 5.39 Å². The topological polar surface area (TPSA) is 118 Å². The lowest BCUT2D eigenvalue weighted by atomic mass is 10.1. The number of carbonyl (C=O) groups is 1. The Morgan fingerprint density at radius 2 is 1.97 bits per heavy atom. The maximum Gasteiger partial charge on any atom is 0.291 e. The van der Waals surface area contributed by atoms with Gasteiger partial charge in [-0.3, -0.25) is 14.6 Å². The van der Waals surface area contributed by atoms with Crippen molar-refractivity contribution < 1.29 is 9.21 Å². The molecule has 0 fully saturated rings. The monoisotopic (exact) mass is 406 g/mol. The Hall–Kier alpha value is -3.88. The van der Waals surface area contributed by atoms with Crippen LogP contribution in [0.3, 0.4) is 0 Å². The van der Waals surface area contributed by atoms with Crippen molar-refractivity contribution in [2.45, 2.75) is 32.9 Å². The number of benzene rings is 1. The fourth-order valence-corrected chi connectivity index (χ4v) is 2.99. The van der Waals surface area contributed by atoms with Crippen LogP contribution >= 0.6 is 0 Å². The van der Waals surface area contributed by atoms with Crippen molar-refractivity contribution in [3.8, 4) is 0 Å². The number of aromatic amines is 1. The summed E-state index contributed by atoms with van der Waals surface area (Å²) in [6.45, 7) is 6.45. The number of H-pyrrole nitrogens is 1. The minimum Gasteiger partial charge on any atom is -0.459 e. The maximum absolute atomic E-state index is 12.4. The average molecular weight is 406 g/mol. The van der Waals surface area contributed by atoms with Crippen molar-refractivity contribution in [1.82, 2.24) is 19.7 Å². The van der Waals surface area contributed by atoms with E-state index in [4.69, 9.17) is 4.42 Å². The number of carbonyl (C=O) groups excluding carboxylic acids is 1. The van der Waals surface area contributed by atoms with Crippen LogP contribution in [0, 0.1) is 0 Å². The molecule has 3 aromatic heterocycles. The zero-order chi connectivity index (χ0) is 21.3. The first-order valence-corrected chi connectivity index (χ1v) is 9.47. The SMILES string of the molecule is CC(C)(C)n1ncc2c(=O)[nH]c(NCc3ccc(NC(=O)c4ccco4)cc3)nc21. The molecule has 9 heteroatoms. The molecule has 0 unspecified atom stereocenters. The van der Waals surface area contributed by atoms with Gasteiger partial charge in [0.05, 0.1) is 18.0 Å². The number of rotatable bonds is 5. The summed E-state index contributed by atoms with van der Waals surface area (Å²) in [6, 6.07) is 10.6. The number of amides is 1. The van der Waals surface area contributed by atoms with Gasteiger partial charge in [-0.2, -0.15) is 10.1 Å². The van der Waals surface area contributed by atoms with E-state index in [2.05, 4.69) is 25.7 Å². The van der Waals surface area contributed by atoms with Crippen molar-refractivity contribution in [2.75, 3.05) is 10.6 Å². The largest absolute Gasteiger partial charge is 0.459 e. The van der Waals surface area contributed by atoms with Gasteiger partial charge >= 0.3 is 0 Å². The van der Waals surface area contributed by atoms with Crippen LogP contribution in [-0.4, -0.2) is 25.7 Å². The molecule has 4 aromatic rings. The Bertz CT molecular complexity index is 1230. The molecule has 0 atom stereocenters. The molecule has 1 aromatic carbocycles. The van der Waals surface area contributed by atoms with Gasteiger partial charge in [-0.1, -0.05) is 12.1 Å². The Labute approximate surface area is 172 Å². The molecule has 154 valence electrons. The zero-order valence-corrected chi connectivity index (χ0v) is 16.9. The fraction of sp³-hybridized carbons (Fsp3) is 0.238. The summed E-state index contributed by atoms with van der Waals surface area (Å²) >= 11 is 0. The van der Waals surface area contributed by atoms with Gasteiger partial charge in [0.15, 0.2) is 11.4 Å². The van der Waals surface area contributed by atoms with Gasteiger partial charge in [0.25, 0.3) is 11.5 Å². The minimum absolute atomic E-state index is 0.242. The number of hydrogen-bond donors (Lipinski definition) is 3. The smallest absolute Gasteiger partial charge is 0.291 e. The third kappa shape index (κ3) is 3.95. The van der Waals surface area contributed by atoms with Crippen LogP contribution in [0.1, 0.15) is 36.9 Å². The maximum atomic E-state index is 12.4. The van der Waals surface area contributed by atoms with Crippen LogP contribution in [0.15, 0.2) is 58.1 Å². The molecule has 3 heterocycles. The zero-order valence-electron chi connectivity index (χ0n) is 16.9. The summed E-state index contributed by atoms with van der Waals surface area (Å²) in [7, 11) is 0. The predicted octanol–water partition coefficient (Wildman–Crippen LogP) is 3.33. The molecule has 3 N–H and O–H groups in total. The minimum atomic E-state index is -0.309. The van der Waals surface area contributed by atoms with Crippen LogP contribution in [-0.2, 0) is 12.1 Å². The van der Waals surface area contributed by atoms with Crippen molar-refractivity contribution in [2.24, 2.45) is 0 Å². The average Bonchev–Trinajstić information content (AvgIpc) is 3.37. The summed E-state index contributed by atoms with van der Waals surface area (Å²) in [5.74, 6) is 0.311. The van der Waals surface area contributed by atoms with E-state index in [9.17, 15) is 9.59 Å². The van der Waals surface area contributed by atoms with Crippen LogP contribution in [0.4, 0.5) is 11.6 Å². The highest BCUT2D eigenvalue weighted by Crippen LogP contribution is 2.19. The first-order chi connectivity index (χ1) is 14.3. The molecule has 0 spiro atoms. The van der Waals surface area contributed by atoms with E-state index in [0.29, 0.717) is 29.2 Å². The number of hydrogen-bond acceptors (Lipinski definition) is 6. The molecule has 4 rings (SSSR count). The van der Waals surface area contributed by atoms with Crippen LogP contribution in [0.2, 0.25) is 0 Å². The van der Waals surface area contributed by atoms with Crippen molar-refractivity contribution >= 4 is 28.6 Å². The van der Waals surface area contributed by atoms with Gasteiger partial charge < -0.3 is 15.1 Å². The highest BCUT2D eigenvalue weighted by Gasteiger charge is 2.19. The van der Waals surface area contributed by atoms with E-state index in [1.54, 1.807) is 28.9 Å². The molecule has 0 bridgehead atoms.